The van der Waals surface area contributed by atoms with Crippen LogP contribution < -0.4 is 4.72 Å². The Morgan fingerprint density at radius 1 is 1.12 bits per heavy atom. The molecule has 128 valence electrons. The highest BCUT2D eigenvalue weighted by molar-refractivity contribution is 9.10. The number of sulfonamides is 1. The first-order valence-electron chi connectivity index (χ1n) is 6.86. The van der Waals surface area contributed by atoms with Crippen LogP contribution >= 0.6 is 15.9 Å². The number of hydrogen-bond acceptors (Lipinski definition) is 6. The zero-order valence-electron chi connectivity index (χ0n) is 12.4. The van der Waals surface area contributed by atoms with Gasteiger partial charge in [0.2, 0.25) is 0 Å². The van der Waals surface area contributed by atoms with Crippen molar-refractivity contribution in [2.45, 2.75) is 4.90 Å². The summed E-state index contributed by atoms with van der Waals surface area (Å²) >= 11 is 3.08. The molecule has 0 aliphatic heterocycles. The second-order valence-corrected chi connectivity index (χ2v) is 7.48. The van der Waals surface area contributed by atoms with Gasteiger partial charge >= 0.3 is 0 Å². The number of rotatable bonds is 5. The van der Waals surface area contributed by atoms with Gasteiger partial charge in [-0.25, -0.2) is 8.42 Å². The van der Waals surface area contributed by atoms with Crippen LogP contribution in [0.1, 0.15) is 0 Å². The van der Waals surface area contributed by atoms with Crippen LogP contribution in [-0.2, 0) is 10.0 Å². The van der Waals surface area contributed by atoms with E-state index in [2.05, 4.69) is 25.8 Å². The van der Waals surface area contributed by atoms with Gasteiger partial charge < -0.3 is 4.52 Å². The van der Waals surface area contributed by atoms with Crippen molar-refractivity contribution in [3.63, 3.8) is 0 Å². The van der Waals surface area contributed by atoms with Crippen molar-refractivity contribution in [3.05, 3.63) is 69.2 Å². The van der Waals surface area contributed by atoms with Gasteiger partial charge in [0.05, 0.1) is 4.92 Å². The summed E-state index contributed by atoms with van der Waals surface area (Å²) in [4.78, 5) is 9.89. The fourth-order valence-electron chi connectivity index (χ4n) is 2.11. The lowest BCUT2D eigenvalue weighted by atomic mass is 10.2. The van der Waals surface area contributed by atoms with Gasteiger partial charge in [0.15, 0.2) is 16.5 Å². The molecule has 0 atom stereocenters. The minimum absolute atomic E-state index is 0.0731. The summed E-state index contributed by atoms with van der Waals surface area (Å²) in [7, 11) is -4.21. The maximum Gasteiger partial charge on any atom is 0.291 e. The highest BCUT2D eigenvalue weighted by Crippen LogP contribution is 2.29. The summed E-state index contributed by atoms with van der Waals surface area (Å²) in [6.45, 7) is 0. The van der Waals surface area contributed by atoms with Gasteiger partial charge in [0.25, 0.3) is 15.7 Å². The number of nitro benzene ring substituents is 1. The van der Waals surface area contributed by atoms with E-state index in [0.29, 0.717) is 10.2 Å². The van der Waals surface area contributed by atoms with Crippen LogP contribution in [0.15, 0.2) is 68.5 Å². The molecule has 10 heteroatoms. The van der Waals surface area contributed by atoms with Crippen LogP contribution in [0, 0.1) is 10.1 Å². The van der Waals surface area contributed by atoms with Gasteiger partial charge in [-0.2, -0.15) is 0 Å². The molecule has 25 heavy (non-hydrogen) atoms. The Hall–Kier alpha value is -2.72. The zero-order valence-corrected chi connectivity index (χ0v) is 14.8. The monoisotopic (exact) mass is 423 g/mol. The molecule has 0 spiro atoms. The van der Waals surface area contributed by atoms with Gasteiger partial charge in [-0.15, -0.1) is 0 Å². The lowest BCUT2D eigenvalue weighted by Crippen LogP contribution is -2.14. The molecule has 0 fully saturated rings. The number of nitro groups is 1. The molecule has 1 aromatic heterocycles. The molecule has 0 amide bonds. The molecule has 2 aromatic carbocycles. The SMILES string of the molecule is O=[N+]([O-])c1cc(Br)ccc1S(=O)(=O)Nc1cc(-c2ccccc2)on1. The predicted octanol–water partition coefficient (Wildman–Crippen LogP) is 3.81. The molecule has 0 unspecified atom stereocenters. The van der Waals surface area contributed by atoms with E-state index in [1.807, 2.05) is 6.07 Å². The van der Waals surface area contributed by atoms with E-state index in [-0.39, 0.29) is 5.82 Å². The molecule has 0 saturated heterocycles. The molecular weight excluding hydrogens is 414 g/mol. The third-order valence-electron chi connectivity index (χ3n) is 3.21. The minimum atomic E-state index is -4.21. The van der Waals surface area contributed by atoms with E-state index >= 15 is 0 Å². The molecule has 1 heterocycles. The summed E-state index contributed by atoms with van der Waals surface area (Å²) in [5, 5.41) is 14.8. The second kappa shape index (κ2) is 6.65. The first-order chi connectivity index (χ1) is 11.9. The summed E-state index contributed by atoms with van der Waals surface area (Å²) in [6.07, 6.45) is 0. The normalized spacial score (nSPS) is 11.2. The second-order valence-electron chi connectivity index (χ2n) is 4.92. The van der Waals surface area contributed by atoms with Crippen LogP contribution in [0.3, 0.4) is 0 Å². The van der Waals surface area contributed by atoms with Crippen molar-refractivity contribution in [1.29, 1.82) is 0 Å². The third kappa shape index (κ3) is 3.69. The number of hydrogen-bond donors (Lipinski definition) is 1. The summed E-state index contributed by atoms with van der Waals surface area (Å²) in [5.41, 5.74) is 0.170. The average Bonchev–Trinajstić information content (AvgIpc) is 3.03. The standard InChI is InChI=1S/C15H10BrN3O5S/c16-11-6-7-14(12(8-11)19(20)21)25(22,23)18-15-9-13(24-17-15)10-4-2-1-3-5-10/h1-9H,(H,17,18). The molecule has 0 saturated carbocycles. The molecule has 3 rings (SSSR count). The Morgan fingerprint density at radius 2 is 1.84 bits per heavy atom. The zero-order chi connectivity index (χ0) is 18.0. The fourth-order valence-corrected chi connectivity index (χ4v) is 3.60. The quantitative estimate of drug-likeness (QED) is 0.492. The average molecular weight is 424 g/mol. The van der Waals surface area contributed by atoms with Gasteiger partial charge in [0.1, 0.15) is 0 Å². The van der Waals surface area contributed by atoms with Crippen LogP contribution in [0.4, 0.5) is 11.5 Å². The molecule has 0 aliphatic rings. The Morgan fingerprint density at radius 3 is 2.52 bits per heavy atom. The molecule has 0 bridgehead atoms. The largest absolute Gasteiger partial charge is 0.354 e. The van der Waals surface area contributed by atoms with Crippen LogP contribution in [0.5, 0.6) is 0 Å². The summed E-state index contributed by atoms with van der Waals surface area (Å²) in [5.74, 6) is 0.291. The van der Waals surface area contributed by atoms with Gasteiger partial charge in [-0.05, 0) is 12.1 Å². The van der Waals surface area contributed by atoms with Gasteiger partial charge in [-0.1, -0.05) is 51.4 Å². The van der Waals surface area contributed by atoms with E-state index in [1.165, 1.54) is 12.1 Å². The number of benzene rings is 2. The van der Waals surface area contributed by atoms with E-state index in [4.69, 9.17) is 4.52 Å². The fraction of sp³-hybridized carbons (Fsp3) is 0. The molecule has 0 radical (unpaired) electrons. The minimum Gasteiger partial charge on any atom is -0.354 e. The van der Waals surface area contributed by atoms with E-state index < -0.39 is 25.5 Å². The number of nitrogens with one attached hydrogen (secondary N) is 1. The van der Waals surface area contributed by atoms with Crippen LogP contribution in [0.2, 0.25) is 0 Å². The molecular formula is C15H10BrN3O5S. The Labute approximate surface area is 150 Å². The maximum atomic E-state index is 12.5. The topological polar surface area (TPSA) is 115 Å². The number of halogens is 1. The van der Waals surface area contributed by atoms with E-state index in [9.17, 15) is 18.5 Å². The van der Waals surface area contributed by atoms with Crippen molar-refractivity contribution in [3.8, 4) is 11.3 Å². The Kier molecular flexibility index (Phi) is 4.55. The summed E-state index contributed by atoms with van der Waals surface area (Å²) in [6, 6.07) is 14.0. The van der Waals surface area contributed by atoms with Crippen molar-refractivity contribution in [2.75, 3.05) is 4.72 Å². The lowest BCUT2D eigenvalue weighted by molar-refractivity contribution is -0.387. The predicted molar refractivity (Wildman–Crippen MR) is 93.5 cm³/mol. The number of nitrogens with zero attached hydrogens (tertiary/aromatic N) is 2. The van der Waals surface area contributed by atoms with Crippen LogP contribution in [-0.4, -0.2) is 18.5 Å². The summed E-state index contributed by atoms with van der Waals surface area (Å²) < 4.78 is 32.6. The highest BCUT2D eigenvalue weighted by atomic mass is 79.9. The highest BCUT2D eigenvalue weighted by Gasteiger charge is 2.27. The van der Waals surface area contributed by atoms with Gasteiger partial charge in [0, 0.05) is 22.2 Å². The lowest BCUT2D eigenvalue weighted by Gasteiger charge is -2.05. The molecule has 0 aliphatic carbocycles. The van der Waals surface area contributed by atoms with Gasteiger partial charge in [-0.3, -0.25) is 14.8 Å². The third-order valence-corrected chi connectivity index (χ3v) is 5.11. The number of aromatic nitrogens is 1. The smallest absolute Gasteiger partial charge is 0.291 e. The van der Waals surface area contributed by atoms with E-state index in [0.717, 1.165) is 17.7 Å². The van der Waals surface area contributed by atoms with Crippen molar-refractivity contribution < 1.29 is 17.9 Å². The van der Waals surface area contributed by atoms with Crippen molar-refractivity contribution in [1.82, 2.24) is 5.16 Å². The first kappa shape index (κ1) is 17.1. The van der Waals surface area contributed by atoms with Crippen LogP contribution in [0.25, 0.3) is 11.3 Å². The van der Waals surface area contributed by atoms with E-state index in [1.54, 1.807) is 24.3 Å². The number of anilines is 1. The molecule has 3 aromatic rings. The van der Waals surface area contributed by atoms with Crippen molar-refractivity contribution >= 4 is 37.5 Å². The van der Waals surface area contributed by atoms with Crippen molar-refractivity contribution in [2.24, 2.45) is 0 Å². The molecule has 8 nitrogen and oxygen atoms in total. The molecule has 1 N–H and O–H groups in total. The first-order valence-corrected chi connectivity index (χ1v) is 9.13. The maximum absolute atomic E-state index is 12.5. The Balaban J connectivity index is 1.93. The Bertz CT molecular complexity index is 1030.